The van der Waals surface area contributed by atoms with Crippen molar-refractivity contribution in [2.45, 2.75) is 25.1 Å². The minimum Gasteiger partial charge on any atom is -0.311 e. The summed E-state index contributed by atoms with van der Waals surface area (Å²) >= 11 is 0. The Balaban J connectivity index is 1.93. The zero-order valence-electron chi connectivity index (χ0n) is 12.6. The van der Waals surface area contributed by atoms with Gasteiger partial charge >= 0.3 is 0 Å². The second-order valence-corrected chi connectivity index (χ2v) is 8.42. The first kappa shape index (κ1) is 15.7. The number of imidazole rings is 1. The Kier molecular flexibility index (Phi) is 4.49. The van der Waals surface area contributed by atoms with Crippen LogP contribution in [-0.2, 0) is 16.4 Å². The highest BCUT2D eigenvalue weighted by atomic mass is 32.2. The first-order valence-corrected chi connectivity index (χ1v) is 8.66. The van der Waals surface area contributed by atoms with Crippen LogP contribution < -0.4 is 5.32 Å². The molecule has 0 saturated carbocycles. The van der Waals surface area contributed by atoms with Crippen molar-refractivity contribution >= 4 is 9.84 Å². The smallest absolute Gasteiger partial charge is 0.153 e. The van der Waals surface area contributed by atoms with Crippen molar-refractivity contribution in [1.82, 2.24) is 14.9 Å². The molecule has 6 heteroatoms. The monoisotopic (exact) mass is 307 g/mol. The molecule has 0 fully saturated rings. The molecule has 0 aliphatic heterocycles. The Hall–Kier alpha value is -1.66. The van der Waals surface area contributed by atoms with E-state index in [0.29, 0.717) is 13.1 Å². The van der Waals surface area contributed by atoms with Crippen LogP contribution in [0.1, 0.15) is 19.4 Å². The molecule has 21 heavy (non-hydrogen) atoms. The second kappa shape index (κ2) is 5.99. The Morgan fingerprint density at radius 1 is 1.24 bits per heavy atom. The zero-order valence-corrected chi connectivity index (χ0v) is 13.4. The molecule has 0 bridgehead atoms. The standard InChI is InChI=1S/C15H21N3O2S/c1-15(2,21(3,19)20)11-17-10-13-4-6-14(7-5-13)18-9-8-16-12-18/h4-9,12,17H,10-11H2,1-3H3. The fraction of sp³-hybridized carbons (Fsp3) is 0.400. The summed E-state index contributed by atoms with van der Waals surface area (Å²) < 4.78 is 24.4. The van der Waals surface area contributed by atoms with E-state index in [9.17, 15) is 8.42 Å². The molecular weight excluding hydrogens is 286 g/mol. The highest BCUT2D eigenvalue weighted by Crippen LogP contribution is 2.14. The maximum absolute atomic E-state index is 11.6. The summed E-state index contributed by atoms with van der Waals surface area (Å²) in [7, 11) is -3.07. The molecule has 1 aromatic heterocycles. The second-order valence-electron chi connectivity index (χ2n) is 5.77. The van der Waals surface area contributed by atoms with Crippen molar-refractivity contribution in [2.75, 3.05) is 12.8 Å². The lowest BCUT2D eigenvalue weighted by atomic mass is 10.1. The summed E-state index contributed by atoms with van der Waals surface area (Å²) in [5.74, 6) is 0. The van der Waals surface area contributed by atoms with Gasteiger partial charge in [0.25, 0.3) is 0 Å². The van der Waals surface area contributed by atoms with Crippen LogP contribution >= 0.6 is 0 Å². The quantitative estimate of drug-likeness (QED) is 0.883. The lowest BCUT2D eigenvalue weighted by Crippen LogP contribution is -2.41. The van der Waals surface area contributed by atoms with Crippen LogP contribution in [0.15, 0.2) is 43.0 Å². The van der Waals surface area contributed by atoms with Gasteiger partial charge in [-0.2, -0.15) is 0 Å². The summed E-state index contributed by atoms with van der Waals surface area (Å²) in [6.07, 6.45) is 6.65. The van der Waals surface area contributed by atoms with E-state index in [2.05, 4.69) is 10.3 Å². The van der Waals surface area contributed by atoms with Gasteiger partial charge in [0.2, 0.25) is 0 Å². The van der Waals surface area contributed by atoms with E-state index < -0.39 is 14.6 Å². The van der Waals surface area contributed by atoms with E-state index in [4.69, 9.17) is 0 Å². The minimum atomic E-state index is -3.07. The maximum Gasteiger partial charge on any atom is 0.153 e. The van der Waals surface area contributed by atoms with Gasteiger partial charge in [-0.1, -0.05) is 12.1 Å². The largest absolute Gasteiger partial charge is 0.311 e. The molecule has 5 nitrogen and oxygen atoms in total. The fourth-order valence-electron chi connectivity index (χ4n) is 1.84. The topological polar surface area (TPSA) is 64.0 Å². The van der Waals surface area contributed by atoms with Crippen molar-refractivity contribution in [3.8, 4) is 5.69 Å². The molecule has 2 aromatic rings. The Labute approximate surface area is 125 Å². The first-order valence-electron chi connectivity index (χ1n) is 6.77. The number of hydrogen-bond acceptors (Lipinski definition) is 4. The van der Waals surface area contributed by atoms with E-state index in [-0.39, 0.29) is 0 Å². The molecule has 2 rings (SSSR count). The molecule has 114 valence electrons. The van der Waals surface area contributed by atoms with E-state index in [1.165, 1.54) is 6.26 Å². The van der Waals surface area contributed by atoms with Gasteiger partial charge in [0.1, 0.15) is 0 Å². The van der Waals surface area contributed by atoms with E-state index in [1.807, 2.05) is 35.0 Å². The van der Waals surface area contributed by atoms with Crippen LogP contribution in [0, 0.1) is 0 Å². The lowest BCUT2D eigenvalue weighted by molar-refractivity contribution is 0.521. The Morgan fingerprint density at radius 3 is 2.43 bits per heavy atom. The van der Waals surface area contributed by atoms with Crippen LogP contribution in [0.3, 0.4) is 0 Å². The average molecular weight is 307 g/mol. The van der Waals surface area contributed by atoms with Gasteiger partial charge in [-0.05, 0) is 31.5 Å². The number of nitrogens with zero attached hydrogens (tertiary/aromatic N) is 2. The van der Waals surface area contributed by atoms with Crippen molar-refractivity contribution in [3.63, 3.8) is 0 Å². The summed E-state index contributed by atoms with van der Waals surface area (Å²) in [4.78, 5) is 4.01. The van der Waals surface area contributed by atoms with Crippen molar-refractivity contribution in [2.24, 2.45) is 0 Å². The lowest BCUT2D eigenvalue weighted by Gasteiger charge is -2.22. The van der Waals surface area contributed by atoms with Crippen LogP contribution in [-0.4, -0.2) is 35.5 Å². The number of aromatic nitrogens is 2. The SMILES string of the molecule is CC(C)(CNCc1ccc(-n2ccnc2)cc1)S(C)(=O)=O. The zero-order chi connectivity index (χ0) is 15.5. The number of benzene rings is 1. The highest BCUT2D eigenvalue weighted by molar-refractivity contribution is 7.92. The van der Waals surface area contributed by atoms with E-state index in [0.717, 1.165) is 11.3 Å². The van der Waals surface area contributed by atoms with Gasteiger partial charge in [-0.3, -0.25) is 0 Å². The van der Waals surface area contributed by atoms with Gasteiger partial charge in [0.15, 0.2) is 9.84 Å². The molecular formula is C15H21N3O2S. The number of sulfone groups is 1. The molecule has 0 radical (unpaired) electrons. The molecule has 1 heterocycles. The molecule has 1 aromatic carbocycles. The summed E-state index contributed by atoms with van der Waals surface area (Å²) in [6.45, 7) is 4.53. The molecule has 0 atom stereocenters. The molecule has 0 saturated heterocycles. The third kappa shape index (κ3) is 3.92. The molecule has 0 aliphatic carbocycles. The Morgan fingerprint density at radius 2 is 1.90 bits per heavy atom. The van der Waals surface area contributed by atoms with E-state index >= 15 is 0 Å². The highest BCUT2D eigenvalue weighted by Gasteiger charge is 2.29. The average Bonchev–Trinajstić information content (AvgIpc) is 2.92. The van der Waals surface area contributed by atoms with Crippen LogP contribution in [0.25, 0.3) is 5.69 Å². The van der Waals surface area contributed by atoms with Gasteiger partial charge in [-0.15, -0.1) is 0 Å². The fourth-order valence-corrected chi connectivity index (χ4v) is 2.20. The summed E-state index contributed by atoms with van der Waals surface area (Å²) in [6, 6.07) is 8.08. The maximum atomic E-state index is 11.6. The molecule has 0 amide bonds. The van der Waals surface area contributed by atoms with Gasteiger partial charge in [0, 0.05) is 37.4 Å². The number of rotatable bonds is 6. The van der Waals surface area contributed by atoms with Crippen LogP contribution in [0.2, 0.25) is 0 Å². The third-order valence-corrected chi connectivity index (χ3v) is 5.77. The summed E-state index contributed by atoms with van der Waals surface area (Å²) in [5, 5.41) is 3.20. The molecule has 0 spiro atoms. The number of hydrogen-bond donors (Lipinski definition) is 1. The van der Waals surface area contributed by atoms with Gasteiger partial charge < -0.3 is 9.88 Å². The Bertz CT molecular complexity index is 674. The van der Waals surface area contributed by atoms with Crippen molar-refractivity contribution in [3.05, 3.63) is 48.5 Å². The predicted octanol–water partition coefficient (Wildman–Crippen LogP) is 1.79. The molecule has 1 N–H and O–H groups in total. The predicted molar refractivity (Wildman–Crippen MR) is 84.2 cm³/mol. The first-order chi connectivity index (χ1) is 9.79. The van der Waals surface area contributed by atoms with Gasteiger partial charge in [0.05, 0.1) is 11.1 Å². The van der Waals surface area contributed by atoms with Gasteiger partial charge in [-0.25, -0.2) is 13.4 Å². The normalized spacial score (nSPS) is 12.5. The minimum absolute atomic E-state index is 0.426. The molecule has 0 aliphatic rings. The third-order valence-electron chi connectivity index (χ3n) is 3.62. The van der Waals surface area contributed by atoms with E-state index in [1.54, 1.807) is 26.4 Å². The van der Waals surface area contributed by atoms with Crippen molar-refractivity contribution in [1.29, 1.82) is 0 Å². The number of nitrogens with one attached hydrogen (secondary N) is 1. The van der Waals surface area contributed by atoms with Crippen LogP contribution in [0.4, 0.5) is 0 Å². The van der Waals surface area contributed by atoms with Crippen LogP contribution in [0.5, 0.6) is 0 Å². The summed E-state index contributed by atoms with van der Waals surface area (Å²) in [5.41, 5.74) is 2.16. The van der Waals surface area contributed by atoms with Crippen molar-refractivity contribution < 1.29 is 8.42 Å². The molecule has 0 unspecified atom stereocenters.